The maximum absolute atomic E-state index is 13.2. The number of carboxylic acid groups (broad SMARTS) is 1. The molecular weight excluding hydrogens is 1190 g/mol. The van der Waals surface area contributed by atoms with Gasteiger partial charge in [-0.3, -0.25) is 14.4 Å². The van der Waals surface area contributed by atoms with Gasteiger partial charge < -0.3 is 46.9 Å². The first-order valence-corrected chi connectivity index (χ1v) is 29.5. The van der Waals surface area contributed by atoms with Crippen LogP contribution in [0, 0.1) is 0 Å². The average molecular weight is 1260 g/mol. The number of nitrogens with one attached hydrogen (secondary N) is 5. The minimum absolute atomic E-state index is 0.0553. The van der Waals surface area contributed by atoms with Crippen molar-refractivity contribution in [3.8, 4) is 0 Å². The summed E-state index contributed by atoms with van der Waals surface area (Å²) in [6.45, 7) is 13.9. The maximum Gasteiger partial charge on any atom is 0.354 e. The lowest BCUT2D eigenvalue weighted by Crippen LogP contribution is -2.30. The molecule has 83 heavy (non-hydrogen) atoms. The number of hydrogen-bond donors (Lipinski definition) is 7. The van der Waals surface area contributed by atoms with Gasteiger partial charge in [0.25, 0.3) is 17.7 Å². The quantitative estimate of drug-likeness (QED) is 0.0397. The predicted octanol–water partition coefficient (Wildman–Crippen LogP) is 9.16. The normalized spacial score (nSPS) is 13.5. The average Bonchev–Trinajstić information content (AvgIpc) is 3.76. The molecule has 10 rings (SSSR count). The molecule has 8 aromatic rings. The van der Waals surface area contributed by atoms with E-state index in [1.165, 1.54) is 18.2 Å². The second-order valence-corrected chi connectivity index (χ2v) is 21.5. The number of pyridine rings is 4. The van der Waals surface area contributed by atoms with Crippen LogP contribution in [0.4, 0.5) is 11.4 Å². The highest BCUT2D eigenvalue weighted by Crippen LogP contribution is 2.33. The van der Waals surface area contributed by atoms with Gasteiger partial charge in [-0.2, -0.15) is 10.2 Å². The number of fused-ring (bicyclic) bond motifs is 2. The number of carboxylic acids is 1. The van der Waals surface area contributed by atoms with Gasteiger partial charge >= 0.3 is 5.97 Å². The Balaban J connectivity index is 0.000000191. The van der Waals surface area contributed by atoms with Gasteiger partial charge in [0.15, 0.2) is 11.3 Å². The number of amides is 3. The molecule has 23 heteroatoms. The van der Waals surface area contributed by atoms with E-state index in [0.29, 0.717) is 65.4 Å². The summed E-state index contributed by atoms with van der Waals surface area (Å²) >= 11 is 6.79. The third-order valence-electron chi connectivity index (χ3n) is 14.1. The summed E-state index contributed by atoms with van der Waals surface area (Å²) < 4.78 is 16.8. The molecule has 6 aromatic heterocycles. The fourth-order valence-electron chi connectivity index (χ4n) is 9.67. The van der Waals surface area contributed by atoms with E-state index < -0.39 is 11.9 Å². The van der Waals surface area contributed by atoms with Crippen LogP contribution >= 0.6 is 31.9 Å². The number of anilines is 2. The zero-order valence-electron chi connectivity index (χ0n) is 47.0. The van der Waals surface area contributed by atoms with Gasteiger partial charge in [0, 0.05) is 109 Å². The molecule has 8 heterocycles. The summed E-state index contributed by atoms with van der Waals surface area (Å²) in [6, 6.07) is 25.4. The van der Waals surface area contributed by atoms with Crippen LogP contribution in [-0.4, -0.2) is 107 Å². The zero-order chi connectivity index (χ0) is 58.8. The Hall–Kier alpha value is -7.70. The number of hydrogen-bond acceptors (Lipinski definition) is 15. The summed E-state index contributed by atoms with van der Waals surface area (Å²) in [5.41, 5.74) is 14.9. The van der Waals surface area contributed by atoms with E-state index in [2.05, 4.69) is 85.5 Å². The molecule has 0 spiro atoms. The summed E-state index contributed by atoms with van der Waals surface area (Å²) in [5.74, 6) is -2.33. The van der Waals surface area contributed by atoms with E-state index in [4.69, 9.17) is 30.3 Å². The second kappa shape index (κ2) is 30.0. The van der Waals surface area contributed by atoms with Gasteiger partial charge in [-0.25, -0.2) is 34.1 Å². The van der Waals surface area contributed by atoms with Crippen LogP contribution in [0.5, 0.6) is 0 Å². The Bertz CT molecular complexity index is 3540. The first-order valence-electron chi connectivity index (χ1n) is 27.9. The molecule has 436 valence electrons. The summed E-state index contributed by atoms with van der Waals surface area (Å²) in [5, 5.41) is 36.2. The van der Waals surface area contributed by atoms with Gasteiger partial charge in [-0.15, -0.1) is 0 Å². The molecule has 2 fully saturated rings. The Morgan fingerprint density at radius 1 is 0.566 bits per heavy atom. The number of benzene rings is 2. The van der Waals surface area contributed by atoms with Crippen LogP contribution in [0.3, 0.4) is 0 Å². The fraction of sp³-hybridized carbons (Fsp3) is 0.367. The number of ether oxygens (including phenoxy) is 2. The van der Waals surface area contributed by atoms with E-state index in [1.807, 2.05) is 91.1 Å². The molecule has 2 aromatic carbocycles. The Morgan fingerprint density at radius 3 is 1.36 bits per heavy atom. The van der Waals surface area contributed by atoms with E-state index in [0.717, 1.165) is 102 Å². The minimum atomic E-state index is -1.18. The number of nitrogens with zero attached hydrogens (tertiary/aromatic N) is 8. The third kappa shape index (κ3) is 16.1. The van der Waals surface area contributed by atoms with Crippen molar-refractivity contribution in [2.24, 2.45) is 5.73 Å². The van der Waals surface area contributed by atoms with Crippen LogP contribution in [0.2, 0.25) is 0 Å². The fourth-order valence-corrected chi connectivity index (χ4v) is 10.6. The van der Waals surface area contributed by atoms with Crippen LogP contribution in [0.1, 0.15) is 129 Å². The number of aryl methyl sites for hydroxylation is 4. The lowest BCUT2D eigenvalue weighted by atomic mass is 10.0. The molecule has 2 aliphatic rings. The molecule has 0 saturated carbocycles. The molecule has 0 bridgehead atoms. The summed E-state index contributed by atoms with van der Waals surface area (Å²) in [7, 11) is 0. The number of aromatic nitrogens is 8. The Labute approximate surface area is 498 Å². The van der Waals surface area contributed by atoms with Crippen molar-refractivity contribution < 1.29 is 33.8 Å². The number of halogens is 2. The highest BCUT2D eigenvalue weighted by molar-refractivity contribution is 9.10. The third-order valence-corrected chi connectivity index (χ3v) is 15.1. The van der Waals surface area contributed by atoms with E-state index in [1.54, 1.807) is 18.2 Å². The number of aromatic carboxylic acids is 1. The van der Waals surface area contributed by atoms with E-state index in [9.17, 15) is 19.2 Å². The lowest BCUT2D eigenvalue weighted by Gasteiger charge is -2.26. The maximum atomic E-state index is 13.2. The van der Waals surface area contributed by atoms with Gasteiger partial charge in [0.1, 0.15) is 22.8 Å². The smallest absolute Gasteiger partial charge is 0.354 e. The predicted molar refractivity (Wildman–Crippen MR) is 325 cm³/mol. The van der Waals surface area contributed by atoms with E-state index >= 15 is 0 Å². The molecule has 21 nitrogen and oxygen atoms in total. The van der Waals surface area contributed by atoms with Crippen molar-refractivity contribution in [1.29, 1.82) is 0 Å². The number of carbonyl (C=O) groups excluding carboxylic acids is 3. The number of rotatable bonds is 19. The lowest BCUT2D eigenvalue weighted by molar-refractivity contribution is 0.0689. The molecular formula is C60H70Br2N14O7. The second-order valence-electron chi connectivity index (χ2n) is 19.6. The standard InChI is InChI=1S/C30H34BrN7O3.C23H28N6O4.C7H8BrN/c1-3-24-22(27(35-21-11-13-41-14-12-21)23-18-34-38(4-2)28(23)37-24)17-33-30(40)26-10-6-9-25(36-26)29(39)32-16-19-7-5-8-20(31)15-19;1-3-17-15(12-24-22(30)18-6-5-7-19(27-18)23(31)32)20(26-14-8-10-33-11-9-14)16-13-25-29(4-2)21(16)28-17;8-7-3-1-2-6(4-7)5-9/h5-10,15,18,21H,3-4,11-14,16-17H2,1-2H3,(H,32,39)(H,33,40)(H,35,37);5-7,13-14H,3-4,8-12H2,1-2H3,(H,24,30)(H,26,28)(H,31,32);1-4H,5,9H2. The monoisotopic (exact) mass is 1260 g/mol. The SMILES string of the molecule is CCc1nc2c(cnn2CC)c(NC2CCOCC2)c1CNC(=O)c1cccc(C(=O)NCc2cccc(Br)c2)n1.CCc1nc2c(cnn2CC)c(NC2CCOCC2)c1CNC(=O)c1cccc(C(=O)O)n1.NCc1cccc(Br)c1. The van der Waals surface area contributed by atoms with Crippen molar-refractivity contribution in [3.05, 3.63) is 163 Å². The van der Waals surface area contributed by atoms with Gasteiger partial charge in [-0.1, -0.05) is 82.1 Å². The van der Waals surface area contributed by atoms with Crippen molar-refractivity contribution in [2.75, 3.05) is 37.1 Å². The summed E-state index contributed by atoms with van der Waals surface area (Å²) in [6.07, 6.45) is 8.64. The Morgan fingerprint density at radius 2 is 0.964 bits per heavy atom. The van der Waals surface area contributed by atoms with Crippen molar-refractivity contribution >= 4 is 89.0 Å². The molecule has 0 unspecified atom stereocenters. The van der Waals surface area contributed by atoms with Crippen molar-refractivity contribution in [1.82, 2.24) is 55.4 Å². The highest BCUT2D eigenvalue weighted by atomic mass is 79.9. The van der Waals surface area contributed by atoms with Crippen LogP contribution in [0.25, 0.3) is 22.1 Å². The van der Waals surface area contributed by atoms with Crippen LogP contribution in [-0.2, 0) is 61.6 Å². The van der Waals surface area contributed by atoms with Crippen molar-refractivity contribution in [2.45, 2.75) is 118 Å². The molecule has 0 aliphatic carbocycles. The van der Waals surface area contributed by atoms with Crippen LogP contribution < -0.4 is 32.3 Å². The Kier molecular flexibility index (Phi) is 22.2. The minimum Gasteiger partial charge on any atom is -0.477 e. The number of carbonyl (C=O) groups is 4. The molecule has 0 radical (unpaired) electrons. The first-order chi connectivity index (χ1) is 40.3. The first kappa shape index (κ1) is 61.4. The molecule has 8 N–H and O–H groups in total. The summed E-state index contributed by atoms with van der Waals surface area (Å²) in [4.78, 5) is 68.0. The molecule has 2 aliphatic heterocycles. The van der Waals surface area contributed by atoms with Crippen LogP contribution in [0.15, 0.2) is 106 Å². The largest absolute Gasteiger partial charge is 0.477 e. The highest BCUT2D eigenvalue weighted by Gasteiger charge is 2.25. The topological polar surface area (TPSA) is 280 Å². The van der Waals surface area contributed by atoms with E-state index in [-0.39, 0.29) is 59.8 Å². The van der Waals surface area contributed by atoms with Gasteiger partial charge in [-0.05, 0) is 112 Å². The van der Waals surface area contributed by atoms with Gasteiger partial charge in [0.2, 0.25) is 0 Å². The zero-order valence-corrected chi connectivity index (χ0v) is 50.2. The van der Waals surface area contributed by atoms with Crippen molar-refractivity contribution in [3.63, 3.8) is 0 Å². The molecule has 2 saturated heterocycles. The van der Waals surface area contributed by atoms with Gasteiger partial charge in [0.05, 0.1) is 34.5 Å². The molecule has 3 amide bonds. The molecule has 0 atom stereocenters. The number of nitrogens with two attached hydrogens (primary N) is 1.